The maximum Gasteiger partial charge on any atom is 0.331 e. The third-order valence-electron chi connectivity index (χ3n) is 4.53. The molecule has 4 nitrogen and oxygen atoms in total. The van der Waals surface area contributed by atoms with Crippen molar-refractivity contribution in [3.05, 3.63) is 35.9 Å². The zero-order valence-electron chi connectivity index (χ0n) is 13.4. The molecule has 3 rings (SSSR count). The monoisotopic (exact) mass is 322 g/mol. The topological polar surface area (TPSA) is 32.8 Å². The van der Waals surface area contributed by atoms with Crippen LogP contribution in [-0.4, -0.2) is 40.1 Å². The van der Waals surface area contributed by atoms with Gasteiger partial charge in [0.2, 0.25) is 0 Å². The number of rotatable bonds is 2. The van der Waals surface area contributed by atoms with E-state index in [0.29, 0.717) is 6.54 Å². The number of hydrogen-bond donors (Lipinski definition) is 0. The molecule has 2 aliphatic rings. The van der Waals surface area contributed by atoms with E-state index < -0.39 is 5.54 Å². The number of likely N-dealkylation sites (tertiary alicyclic amines) is 1. The van der Waals surface area contributed by atoms with Crippen LogP contribution in [0.15, 0.2) is 30.3 Å². The summed E-state index contributed by atoms with van der Waals surface area (Å²) in [6.45, 7) is 8.42. The van der Waals surface area contributed by atoms with Gasteiger partial charge in [0.05, 0.1) is 0 Å². The van der Waals surface area contributed by atoms with Crippen LogP contribution in [-0.2, 0) is 16.1 Å². The normalized spacial score (nSPS) is 30.2. The van der Waals surface area contributed by atoms with Crippen LogP contribution in [0.2, 0.25) is 0 Å². The highest BCUT2D eigenvalue weighted by Gasteiger charge is 2.60. The Labute approximate surface area is 137 Å². The summed E-state index contributed by atoms with van der Waals surface area (Å²) in [7, 11) is 0. The maximum atomic E-state index is 12.5. The molecule has 0 unspecified atom stereocenters. The van der Waals surface area contributed by atoms with Crippen molar-refractivity contribution in [2.45, 2.75) is 45.5 Å². The van der Waals surface area contributed by atoms with Crippen molar-refractivity contribution in [3.8, 4) is 0 Å². The van der Waals surface area contributed by atoms with Gasteiger partial charge in [0.25, 0.3) is 0 Å². The fraction of sp³-hybridized carbons (Fsp3) is 0.588. The van der Waals surface area contributed by atoms with E-state index in [2.05, 4.69) is 17.0 Å². The second kappa shape index (κ2) is 5.52. The van der Waals surface area contributed by atoms with Crippen LogP contribution in [0.3, 0.4) is 0 Å². The summed E-state index contributed by atoms with van der Waals surface area (Å²) in [4.78, 5) is 14.8. The third-order valence-corrected chi connectivity index (χ3v) is 5.03. The predicted octanol–water partition coefficient (Wildman–Crippen LogP) is 3.02. The zero-order chi connectivity index (χ0) is 16.0. The van der Waals surface area contributed by atoms with Crippen LogP contribution in [0.1, 0.15) is 32.8 Å². The van der Waals surface area contributed by atoms with E-state index in [1.54, 1.807) is 4.42 Å². The van der Waals surface area contributed by atoms with E-state index >= 15 is 0 Å². The highest BCUT2D eigenvalue weighted by atomic mass is 35.5. The minimum atomic E-state index is -0.700. The van der Waals surface area contributed by atoms with Gasteiger partial charge < -0.3 is 4.74 Å². The Bertz CT molecular complexity index is 558. The molecule has 5 heteroatoms. The van der Waals surface area contributed by atoms with E-state index in [9.17, 15) is 4.79 Å². The molecule has 0 bridgehead atoms. The van der Waals surface area contributed by atoms with Crippen LogP contribution in [0.5, 0.6) is 0 Å². The van der Waals surface area contributed by atoms with Crippen LogP contribution in [0.25, 0.3) is 0 Å². The summed E-state index contributed by atoms with van der Waals surface area (Å²) in [5.41, 5.74) is 0.349. The molecular formula is C17H23ClN2O2. The predicted molar refractivity (Wildman–Crippen MR) is 86.1 cm³/mol. The molecular weight excluding hydrogens is 300 g/mol. The summed E-state index contributed by atoms with van der Waals surface area (Å²) in [6.07, 6.45) is 0.340. The molecule has 22 heavy (non-hydrogen) atoms. The highest BCUT2D eigenvalue weighted by Crippen LogP contribution is 2.44. The fourth-order valence-corrected chi connectivity index (χ4v) is 3.81. The van der Waals surface area contributed by atoms with Crippen LogP contribution in [0.4, 0.5) is 0 Å². The molecule has 2 saturated heterocycles. The molecule has 2 atom stereocenters. The van der Waals surface area contributed by atoms with E-state index in [-0.39, 0.29) is 17.6 Å². The number of carbonyl (C=O) groups is 1. The van der Waals surface area contributed by atoms with E-state index in [1.807, 2.05) is 39.0 Å². The number of esters is 1. The van der Waals surface area contributed by atoms with Gasteiger partial charge in [0.15, 0.2) is 11.8 Å². The lowest BCUT2D eigenvalue weighted by molar-refractivity contribution is -0.148. The molecule has 1 spiro atoms. The lowest BCUT2D eigenvalue weighted by Gasteiger charge is -2.32. The maximum absolute atomic E-state index is 12.5. The van der Waals surface area contributed by atoms with Crippen molar-refractivity contribution < 1.29 is 9.53 Å². The fourth-order valence-electron chi connectivity index (χ4n) is 3.27. The molecule has 0 saturated carbocycles. The average molecular weight is 323 g/mol. The summed E-state index contributed by atoms with van der Waals surface area (Å²) < 4.78 is 7.24. The lowest BCUT2D eigenvalue weighted by atomic mass is 9.92. The molecule has 2 heterocycles. The standard InChI is InChI=1S/C17H23ClN2O2/c1-16(2,3)14-20(18)17(15(21)22-14)9-10-19(12-17)11-13-7-5-4-6-8-13/h4-8,14H,9-12H2,1-3H3/t14-,17+/m1/s1. The number of nitrogens with zero attached hydrogens (tertiary/aromatic N) is 2. The number of hydrogen-bond acceptors (Lipinski definition) is 4. The van der Waals surface area contributed by atoms with E-state index in [4.69, 9.17) is 16.5 Å². The molecule has 0 aromatic heterocycles. The van der Waals surface area contributed by atoms with Gasteiger partial charge in [0, 0.05) is 25.0 Å². The highest BCUT2D eigenvalue weighted by molar-refractivity contribution is 6.16. The van der Waals surface area contributed by atoms with Crippen molar-refractivity contribution in [1.29, 1.82) is 0 Å². The smallest absolute Gasteiger partial charge is 0.331 e. The Morgan fingerprint density at radius 1 is 1.32 bits per heavy atom. The number of cyclic esters (lactones) is 1. The summed E-state index contributed by atoms with van der Waals surface area (Å²) in [5.74, 6) is -0.182. The van der Waals surface area contributed by atoms with Gasteiger partial charge in [-0.2, -0.15) is 4.42 Å². The van der Waals surface area contributed by atoms with Gasteiger partial charge in [0.1, 0.15) is 0 Å². The Kier molecular flexibility index (Phi) is 3.96. The van der Waals surface area contributed by atoms with Crippen molar-refractivity contribution in [2.75, 3.05) is 13.1 Å². The SMILES string of the molecule is CC(C)(C)[C@H]1OC(=O)[C@@]2(CCN(Cc3ccccc3)C2)N1Cl. The van der Waals surface area contributed by atoms with Crippen LogP contribution >= 0.6 is 11.8 Å². The van der Waals surface area contributed by atoms with Gasteiger partial charge in [-0.25, -0.2) is 4.79 Å². The number of carbonyl (C=O) groups excluding carboxylic acids is 1. The average Bonchev–Trinajstić information content (AvgIpc) is 2.98. The number of halogens is 1. The second-order valence-electron chi connectivity index (χ2n) is 7.41. The molecule has 0 amide bonds. The Morgan fingerprint density at radius 3 is 2.59 bits per heavy atom. The van der Waals surface area contributed by atoms with Crippen molar-refractivity contribution >= 4 is 17.7 Å². The Balaban J connectivity index is 1.74. The third kappa shape index (κ3) is 2.64. The first kappa shape index (κ1) is 15.8. The molecule has 0 N–H and O–H groups in total. The van der Waals surface area contributed by atoms with Gasteiger partial charge >= 0.3 is 5.97 Å². The van der Waals surface area contributed by atoms with Crippen LogP contribution < -0.4 is 0 Å². The lowest BCUT2D eigenvalue weighted by Crippen LogP contribution is -2.49. The quantitative estimate of drug-likeness (QED) is 0.619. The minimum absolute atomic E-state index is 0.182. The Hall–Kier alpha value is -1.10. The summed E-state index contributed by atoms with van der Waals surface area (Å²) >= 11 is 6.55. The summed E-state index contributed by atoms with van der Waals surface area (Å²) in [5, 5.41) is 0. The van der Waals surface area contributed by atoms with Crippen molar-refractivity contribution in [3.63, 3.8) is 0 Å². The van der Waals surface area contributed by atoms with Gasteiger partial charge in [-0.05, 0) is 23.8 Å². The number of benzene rings is 1. The van der Waals surface area contributed by atoms with Crippen molar-refractivity contribution in [2.24, 2.45) is 5.41 Å². The van der Waals surface area contributed by atoms with Gasteiger partial charge in [-0.15, -0.1) is 0 Å². The molecule has 1 aromatic rings. The molecule has 2 fully saturated rings. The molecule has 1 aromatic carbocycles. The second-order valence-corrected chi connectivity index (χ2v) is 7.78. The molecule has 0 aliphatic carbocycles. The molecule has 0 radical (unpaired) electrons. The van der Waals surface area contributed by atoms with Gasteiger partial charge in [-0.3, -0.25) is 4.90 Å². The molecule has 120 valence electrons. The van der Waals surface area contributed by atoms with Gasteiger partial charge in [-0.1, -0.05) is 51.1 Å². The first-order valence-corrected chi connectivity index (χ1v) is 8.09. The van der Waals surface area contributed by atoms with E-state index in [0.717, 1.165) is 19.5 Å². The largest absolute Gasteiger partial charge is 0.443 e. The van der Waals surface area contributed by atoms with E-state index in [1.165, 1.54) is 5.56 Å². The molecule has 2 aliphatic heterocycles. The first-order chi connectivity index (χ1) is 10.3. The first-order valence-electron chi connectivity index (χ1n) is 7.75. The van der Waals surface area contributed by atoms with Crippen LogP contribution in [0, 0.1) is 5.41 Å². The minimum Gasteiger partial charge on any atom is -0.443 e. The zero-order valence-corrected chi connectivity index (χ0v) is 14.1. The van der Waals surface area contributed by atoms with Crippen molar-refractivity contribution in [1.82, 2.24) is 9.32 Å². The Morgan fingerprint density at radius 2 is 2.00 bits per heavy atom. The summed E-state index contributed by atoms with van der Waals surface area (Å²) in [6, 6.07) is 10.3. The number of ether oxygens (including phenoxy) is 1.